The zero-order valence-electron chi connectivity index (χ0n) is 12.9. The van der Waals surface area contributed by atoms with Gasteiger partial charge in [-0.25, -0.2) is 4.98 Å². The summed E-state index contributed by atoms with van der Waals surface area (Å²) in [6.45, 7) is 3.04. The number of hydrogen-bond donors (Lipinski definition) is 2. The highest BCUT2D eigenvalue weighted by Crippen LogP contribution is 2.14. The van der Waals surface area contributed by atoms with Crippen molar-refractivity contribution in [3.8, 4) is 0 Å². The summed E-state index contributed by atoms with van der Waals surface area (Å²) < 4.78 is 1.11. The Morgan fingerprint density at radius 3 is 2.65 bits per heavy atom. The number of hydrogen-bond acceptors (Lipinski definition) is 4. The molecular weight excluding hydrogens is 318 g/mol. The van der Waals surface area contributed by atoms with Crippen LogP contribution in [0.1, 0.15) is 18.2 Å². The Kier molecular flexibility index (Phi) is 5.39. The molecule has 1 aromatic heterocycles. The zero-order chi connectivity index (χ0) is 17.0. The van der Waals surface area contributed by atoms with Crippen LogP contribution in [0.2, 0.25) is 5.15 Å². The first-order valence-corrected chi connectivity index (χ1v) is 7.55. The maximum absolute atomic E-state index is 12.4. The number of anilines is 1. The van der Waals surface area contributed by atoms with E-state index in [2.05, 4.69) is 10.3 Å². The van der Waals surface area contributed by atoms with Gasteiger partial charge in [-0.1, -0.05) is 41.9 Å². The highest BCUT2D eigenvalue weighted by atomic mass is 35.5. The van der Waals surface area contributed by atoms with Gasteiger partial charge in [0.15, 0.2) is 11.0 Å². The third-order valence-electron chi connectivity index (χ3n) is 3.42. The minimum atomic E-state index is -1.11. The molecule has 2 N–H and O–H groups in total. The van der Waals surface area contributed by atoms with E-state index in [9.17, 15) is 9.59 Å². The molecule has 1 heterocycles. The fourth-order valence-electron chi connectivity index (χ4n) is 2.29. The number of carboxylic acids is 1. The lowest BCUT2D eigenvalue weighted by atomic mass is 10.1. The predicted molar refractivity (Wildman–Crippen MR) is 89.1 cm³/mol. The van der Waals surface area contributed by atoms with Gasteiger partial charge < -0.3 is 10.4 Å². The van der Waals surface area contributed by atoms with Gasteiger partial charge in [0.25, 0.3) is 5.56 Å². The summed E-state index contributed by atoms with van der Waals surface area (Å²) in [7, 11) is 0. The number of carboxylic acid groups (broad SMARTS) is 1. The molecule has 122 valence electrons. The second kappa shape index (κ2) is 7.28. The van der Waals surface area contributed by atoms with Gasteiger partial charge in [0.1, 0.15) is 6.54 Å². The molecule has 0 aliphatic rings. The Bertz CT molecular complexity index is 759. The van der Waals surface area contributed by atoms with Crippen molar-refractivity contribution in [3.05, 3.63) is 57.1 Å². The van der Waals surface area contributed by atoms with E-state index < -0.39 is 18.1 Å². The second-order valence-electron chi connectivity index (χ2n) is 5.36. The molecule has 6 nitrogen and oxygen atoms in total. The predicted octanol–water partition coefficient (Wildman–Crippen LogP) is 2.33. The summed E-state index contributed by atoms with van der Waals surface area (Å²) in [5.74, 6) is -1.05. The molecule has 0 bridgehead atoms. The van der Waals surface area contributed by atoms with Gasteiger partial charge in [0, 0.05) is 6.04 Å². The zero-order valence-corrected chi connectivity index (χ0v) is 13.7. The Labute approximate surface area is 138 Å². The molecule has 0 unspecified atom stereocenters. The van der Waals surface area contributed by atoms with E-state index >= 15 is 0 Å². The molecule has 0 amide bonds. The number of nitrogens with one attached hydrogen (secondary N) is 1. The van der Waals surface area contributed by atoms with E-state index in [4.69, 9.17) is 16.7 Å². The van der Waals surface area contributed by atoms with Crippen LogP contribution in [0.3, 0.4) is 0 Å². The molecule has 0 spiro atoms. The van der Waals surface area contributed by atoms with Crippen LogP contribution in [0.25, 0.3) is 0 Å². The first-order valence-electron chi connectivity index (χ1n) is 7.17. The van der Waals surface area contributed by atoms with Crippen molar-refractivity contribution in [2.24, 2.45) is 0 Å². The highest BCUT2D eigenvalue weighted by molar-refractivity contribution is 6.30. The monoisotopic (exact) mass is 335 g/mol. The molecule has 1 atom stereocenters. The first-order chi connectivity index (χ1) is 10.9. The number of nitrogens with zero attached hydrogens (tertiary/aromatic N) is 2. The summed E-state index contributed by atoms with van der Waals surface area (Å²) in [5.41, 5.74) is 0.964. The average Bonchev–Trinajstić information content (AvgIpc) is 2.50. The molecular formula is C16H18ClN3O3. The van der Waals surface area contributed by atoms with Crippen molar-refractivity contribution >= 4 is 23.4 Å². The van der Waals surface area contributed by atoms with Gasteiger partial charge in [-0.15, -0.1) is 0 Å². The lowest BCUT2D eigenvalue weighted by Gasteiger charge is -2.16. The topological polar surface area (TPSA) is 84.2 Å². The van der Waals surface area contributed by atoms with Crippen LogP contribution < -0.4 is 10.9 Å². The summed E-state index contributed by atoms with van der Waals surface area (Å²) in [6, 6.07) is 9.77. The normalized spacial score (nSPS) is 12.0. The fourth-order valence-corrected chi connectivity index (χ4v) is 2.48. The van der Waals surface area contributed by atoms with Crippen LogP contribution in [0.4, 0.5) is 5.82 Å². The minimum Gasteiger partial charge on any atom is -0.480 e. The largest absolute Gasteiger partial charge is 0.480 e. The summed E-state index contributed by atoms with van der Waals surface area (Å²) in [5, 5.41) is 12.1. The van der Waals surface area contributed by atoms with Crippen LogP contribution in [0, 0.1) is 6.92 Å². The van der Waals surface area contributed by atoms with E-state index in [1.165, 1.54) is 0 Å². The van der Waals surface area contributed by atoms with Crippen molar-refractivity contribution < 1.29 is 9.90 Å². The average molecular weight is 336 g/mol. The van der Waals surface area contributed by atoms with Crippen molar-refractivity contribution in [3.63, 3.8) is 0 Å². The molecule has 23 heavy (non-hydrogen) atoms. The third kappa shape index (κ3) is 4.32. The first kappa shape index (κ1) is 17.0. The number of aromatic nitrogens is 2. The Morgan fingerprint density at radius 1 is 1.39 bits per heavy atom. The van der Waals surface area contributed by atoms with Gasteiger partial charge in [0.2, 0.25) is 0 Å². The lowest BCUT2D eigenvalue weighted by Crippen LogP contribution is -2.32. The fraction of sp³-hybridized carbons (Fsp3) is 0.312. The minimum absolute atomic E-state index is 0.0604. The number of carbonyl (C=O) groups is 1. The Balaban J connectivity index is 2.24. The van der Waals surface area contributed by atoms with Crippen LogP contribution in [-0.4, -0.2) is 26.7 Å². The van der Waals surface area contributed by atoms with Crippen LogP contribution >= 0.6 is 11.6 Å². The molecule has 1 aromatic carbocycles. The van der Waals surface area contributed by atoms with Gasteiger partial charge >= 0.3 is 5.97 Å². The van der Waals surface area contributed by atoms with Gasteiger partial charge in [-0.05, 0) is 25.8 Å². The van der Waals surface area contributed by atoms with E-state index in [1.54, 1.807) is 6.92 Å². The molecule has 0 aliphatic heterocycles. The maximum Gasteiger partial charge on any atom is 0.323 e. The molecule has 7 heteroatoms. The molecule has 2 rings (SSSR count). The number of rotatable bonds is 6. The van der Waals surface area contributed by atoms with Crippen molar-refractivity contribution in [1.82, 2.24) is 9.55 Å². The lowest BCUT2D eigenvalue weighted by molar-refractivity contribution is -0.137. The Morgan fingerprint density at radius 2 is 2.04 bits per heavy atom. The molecule has 0 radical (unpaired) electrons. The number of halogens is 1. The quantitative estimate of drug-likeness (QED) is 0.846. The standard InChI is InChI=1S/C16H18ClN3O3/c1-10(8-12-6-4-3-5-7-12)18-15-16(23)20(9-13(21)22)11(2)14(17)19-15/h3-7,10H,8-9H2,1-2H3,(H,18,19)(H,21,22)/t10-/m1/s1. The second-order valence-corrected chi connectivity index (χ2v) is 5.71. The maximum atomic E-state index is 12.4. The molecule has 2 aromatic rings. The highest BCUT2D eigenvalue weighted by Gasteiger charge is 2.16. The van der Waals surface area contributed by atoms with Crippen LogP contribution in [0.5, 0.6) is 0 Å². The van der Waals surface area contributed by atoms with Crippen molar-refractivity contribution in [2.75, 3.05) is 5.32 Å². The van der Waals surface area contributed by atoms with Gasteiger partial charge in [-0.2, -0.15) is 0 Å². The smallest absolute Gasteiger partial charge is 0.323 e. The third-order valence-corrected chi connectivity index (χ3v) is 3.78. The van der Waals surface area contributed by atoms with E-state index in [0.29, 0.717) is 12.1 Å². The van der Waals surface area contributed by atoms with Crippen LogP contribution in [0.15, 0.2) is 35.1 Å². The van der Waals surface area contributed by atoms with Gasteiger partial charge in [0.05, 0.1) is 5.69 Å². The molecule has 0 saturated heterocycles. The van der Waals surface area contributed by atoms with Gasteiger partial charge in [-0.3, -0.25) is 14.2 Å². The van der Waals surface area contributed by atoms with Crippen molar-refractivity contribution in [1.29, 1.82) is 0 Å². The molecule has 0 fully saturated rings. The molecule has 0 saturated carbocycles. The number of aliphatic carboxylic acids is 1. The van der Waals surface area contributed by atoms with E-state index in [-0.39, 0.29) is 17.0 Å². The van der Waals surface area contributed by atoms with Crippen LogP contribution in [-0.2, 0) is 17.8 Å². The SMILES string of the molecule is Cc1c(Cl)nc(N[C@H](C)Cc2ccccc2)c(=O)n1CC(=O)O. The Hall–Kier alpha value is -2.34. The number of benzene rings is 1. The van der Waals surface area contributed by atoms with E-state index in [0.717, 1.165) is 10.1 Å². The molecule has 0 aliphatic carbocycles. The summed E-state index contributed by atoms with van der Waals surface area (Å²) >= 11 is 6.01. The van der Waals surface area contributed by atoms with Crippen molar-refractivity contribution in [2.45, 2.75) is 32.9 Å². The summed E-state index contributed by atoms with van der Waals surface area (Å²) in [6.07, 6.45) is 0.701. The van der Waals surface area contributed by atoms with E-state index in [1.807, 2.05) is 37.3 Å². The summed E-state index contributed by atoms with van der Waals surface area (Å²) in [4.78, 5) is 27.3.